The predicted octanol–water partition coefficient (Wildman–Crippen LogP) is 5.78. The maximum atomic E-state index is 12.2. The molecule has 0 radical (unpaired) electrons. The molecule has 1 amide bonds. The van der Waals surface area contributed by atoms with E-state index in [0.29, 0.717) is 10.2 Å². The van der Waals surface area contributed by atoms with Crippen LogP contribution in [-0.2, 0) is 4.79 Å². The standard InChI is InChI=1S/C16H12Br2ClN3OS/c1-8-4-10(17)15(11(18)5-8)22-14(23)7-24-16-20-12-3-2-9(19)6-13(12)21-16/h2-6H,7H2,1H3,(H,20,21)(H,22,23). The fraction of sp³-hybridized carbons (Fsp3) is 0.125. The molecular weight excluding hydrogens is 478 g/mol. The number of thioether (sulfide) groups is 1. The van der Waals surface area contributed by atoms with Crippen molar-refractivity contribution in [1.29, 1.82) is 0 Å². The van der Waals surface area contributed by atoms with E-state index in [4.69, 9.17) is 11.6 Å². The van der Waals surface area contributed by atoms with E-state index >= 15 is 0 Å². The molecule has 0 saturated heterocycles. The number of amides is 1. The van der Waals surface area contributed by atoms with Gasteiger partial charge in [0.05, 0.1) is 22.5 Å². The molecule has 3 aromatic rings. The van der Waals surface area contributed by atoms with Gasteiger partial charge in [-0.05, 0) is 74.7 Å². The van der Waals surface area contributed by atoms with Crippen molar-refractivity contribution in [3.8, 4) is 0 Å². The maximum Gasteiger partial charge on any atom is 0.234 e. The summed E-state index contributed by atoms with van der Waals surface area (Å²) in [6.07, 6.45) is 0. The van der Waals surface area contributed by atoms with Crippen LogP contribution in [0.5, 0.6) is 0 Å². The molecule has 0 fully saturated rings. The molecule has 0 unspecified atom stereocenters. The Balaban J connectivity index is 1.67. The number of nitrogens with one attached hydrogen (secondary N) is 2. The van der Waals surface area contributed by atoms with Crippen LogP contribution in [0.1, 0.15) is 5.56 Å². The Hall–Kier alpha value is -1.02. The van der Waals surface area contributed by atoms with Crippen molar-refractivity contribution < 1.29 is 4.79 Å². The summed E-state index contributed by atoms with van der Waals surface area (Å²) in [7, 11) is 0. The number of aromatic nitrogens is 2. The Morgan fingerprint density at radius 3 is 2.71 bits per heavy atom. The van der Waals surface area contributed by atoms with Gasteiger partial charge in [0.1, 0.15) is 0 Å². The zero-order chi connectivity index (χ0) is 17.3. The van der Waals surface area contributed by atoms with Crippen LogP contribution in [0.25, 0.3) is 11.0 Å². The first kappa shape index (κ1) is 17.8. The van der Waals surface area contributed by atoms with Crippen molar-refractivity contribution in [3.05, 3.63) is 49.9 Å². The summed E-state index contributed by atoms with van der Waals surface area (Å²) >= 11 is 14.2. The van der Waals surface area contributed by atoms with Crippen molar-refractivity contribution in [2.24, 2.45) is 0 Å². The van der Waals surface area contributed by atoms with Gasteiger partial charge < -0.3 is 10.3 Å². The van der Waals surface area contributed by atoms with Crippen LogP contribution < -0.4 is 5.32 Å². The Kier molecular flexibility index (Phi) is 5.54. The summed E-state index contributed by atoms with van der Waals surface area (Å²) in [5.41, 5.74) is 3.51. The number of carbonyl (C=O) groups is 1. The monoisotopic (exact) mass is 487 g/mol. The van der Waals surface area contributed by atoms with Crippen LogP contribution in [0.3, 0.4) is 0 Å². The summed E-state index contributed by atoms with van der Waals surface area (Å²) in [6, 6.07) is 9.36. The minimum absolute atomic E-state index is 0.108. The largest absolute Gasteiger partial charge is 0.333 e. The van der Waals surface area contributed by atoms with E-state index in [9.17, 15) is 4.79 Å². The number of benzene rings is 2. The van der Waals surface area contributed by atoms with E-state index in [2.05, 4.69) is 47.1 Å². The quantitative estimate of drug-likeness (QED) is 0.457. The van der Waals surface area contributed by atoms with Crippen molar-refractivity contribution in [2.75, 3.05) is 11.1 Å². The van der Waals surface area contributed by atoms with Crippen molar-refractivity contribution >= 4 is 77.9 Å². The van der Waals surface area contributed by atoms with E-state index in [1.807, 2.05) is 31.2 Å². The zero-order valence-electron chi connectivity index (χ0n) is 12.5. The summed E-state index contributed by atoms with van der Waals surface area (Å²) < 4.78 is 1.68. The van der Waals surface area contributed by atoms with Crippen LogP contribution in [0.2, 0.25) is 5.02 Å². The number of anilines is 1. The molecule has 2 N–H and O–H groups in total. The number of halogens is 3. The topological polar surface area (TPSA) is 57.8 Å². The highest BCUT2D eigenvalue weighted by Gasteiger charge is 2.12. The zero-order valence-corrected chi connectivity index (χ0v) is 17.2. The number of hydrogen-bond donors (Lipinski definition) is 2. The Bertz CT molecular complexity index is 906. The number of hydrogen-bond acceptors (Lipinski definition) is 3. The molecule has 4 nitrogen and oxygen atoms in total. The van der Waals surface area contributed by atoms with Gasteiger partial charge in [-0.1, -0.05) is 23.4 Å². The van der Waals surface area contributed by atoms with Crippen molar-refractivity contribution in [3.63, 3.8) is 0 Å². The number of rotatable bonds is 4. The predicted molar refractivity (Wildman–Crippen MR) is 107 cm³/mol. The van der Waals surface area contributed by atoms with E-state index in [1.54, 1.807) is 6.07 Å². The molecule has 0 spiro atoms. The molecule has 0 aliphatic heterocycles. The molecular formula is C16H12Br2ClN3OS. The van der Waals surface area contributed by atoms with Crippen LogP contribution >= 0.6 is 55.2 Å². The second-order valence-corrected chi connectivity index (χ2v) is 8.25. The number of fused-ring (bicyclic) bond motifs is 1. The Morgan fingerprint density at radius 2 is 2.00 bits per heavy atom. The van der Waals surface area contributed by atoms with Crippen LogP contribution in [0, 0.1) is 6.92 Å². The lowest BCUT2D eigenvalue weighted by atomic mass is 10.2. The minimum atomic E-state index is -0.108. The second kappa shape index (κ2) is 7.47. The summed E-state index contributed by atoms with van der Waals surface area (Å²) in [5, 5.41) is 4.23. The van der Waals surface area contributed by atoms with Gasteiger partial charge in [-0.3, -0.25) is 4.79 Å². The normalized spacial score (nSPS) is 11.0. The number of aromatic amines is 1. The lowest BCUT2D eigenvalue weighted by Gasteiger charge is -2.10. The van der Waals surface area contributed by atoms with Gasteiger partial charge in [-0.15, -0.1) is 0 Å². The van der Waals surface area contributed by atoms with Crippen LogP contribution in [0.15, 0.2) is 44.4 Å². The molecule has 0 saturated carbocycles. The molecule has 0 aliphatic rings. The van der Waals surface area contributed by atoms with Gasteiger partial charge in [0, 0.05) is 14.0 Å². The fourth-order valence-corrected chi connectivity index (χ4v) is 4.63. The van der Waals surface area contributed by atoms with Gasteiger partial charge in [-0.25, -0.2) is 4.98 Å². The first-order chi connectivity index (χ1) is 11.4. The average molecular weight is 490 g/mol. The highest BCUT2D eigenvalue weighted by molar-refractivity contribution is 9.11. The van der Waals surface area contributed by atoms with Gasteiger partial charge in [0.2, 0.25) is 5.91 Å². The third kappa shape index (κ3) is 4.14. The average Bonchev–Trinajstić information content (AvgIpc) is 2.90. The molecule has 0 bridgehead atoms. The molecule has 3 rings (SSSR count). The van der Waals surface area contributed by atoms with E-state index in [1.165, 1.54) is 11.8 Å². The molecule has 24 heavy (non-hydrogen) atoms. The summed E-state index contributed by atoms with van der Waals surface area (Å²) in [5.74, 6) is 0.143. The van der Waals surface area contributed by atoms with E-state index in [0.717, 1.165) is 31.2 Å². The fourth-order valence-electron chi connectivity index (χ4n) is 2.16. The van der Waals surface area contributed by atoms with Crippen molar-refractivity contribution in [2.45, 2.75) is 12.1 Å². The SMILES string of the molecule is Cc1cc(Br)c(NC(=O)CSc2nc3ccc(Cl)cc3[nH]2)c(Br)c1. The molecule has 0 aliphatic carbocycles. The highest BCUT2D eigenvalue weighted by atomic mass is 79.9. The van der Waals surface area contributed by atoms with Crippen LogP contribution in [-0.4, -0.2) is 21.6 Å². The number of carbonyl (C=O) groups excluding carboxylic acids is 1. The smallest absolute Gasteiger partial charge is 0.234 e. The first-order valence-electron chi connectivity index (χ1n) is 6.96. The number of H-pyrrole nitrogens is 1. The molecule has 1 heterocycles. The highest BCUT2D eigenvalue weighted by Crippen LogP contribution is 2.32. The molecule has 2 aromatic carbocycles. The Morgan fingerprint density at radius 1 is 1.29 bits per heavy atom. The Labute approximate surface area is 165 Å². The third-order valence-corrected chi connectivity index (χ3v) is 5.57. The molecule has 124 valence electrons. The van der Waals surface area contributed by atoms with E-state index < -0.39 is 0 Å². The van der Waals surface area contributed by atoms with Gasteiger partial charge in [0.15, 0.2) is 5.16 Å². The van der Waals surface area contributed by atoms with Gasteiger partial charge in [-0.2, -0.15) is 0 Å². The summed E-state index contributed by atoms with van der Waals surface area (Å²) in [4.78, 5) is 19.8. The summed E-state index contributed by atoms with van der Waals surface area (Å²) in [6.45, 7) is 1.99. The third-order valence-electron chi connectivity index (χ3n) is 3.21. The second-order valence-electron chi connectivity index (χ2n) is 5.14. The lowest BCUT2D eigenvalue weighted by Crippen LogP contribution is -2.15. The number of aryl methyl sites for hydroxylation is 1. The van der Waals surface area contributed by atoms with Gasteiger partial charge >= 0.3 is 0 Å². The first-order valence-corrected chi connectivity index (χ1v) is 9.91. The van der Waals surface area contributed by atoms with Crippen LogP contribution in [0.4, 0.5) is 5.69 Å². The minimum Gasteiger partial charge on any atom is -0.333 e. The van der Waals surface area contributed by atoms with E-state index in [-0.39, 0.29) is 11.7 Å². The maximum absolute atomic E-state index is 12.2. The number of nitrogens with zero attached hydrogens (tertiary/aromatic N) is 1. The van der Waals surface area contributed by atoms with Gasteiger partial charge in [0.25, 0.3) is 0 Å². The van der Waals surface area contributed by atoms with Crippen molar-refractivity contribution in [1.82, 2.24) is 9.97 Å². The lowest BCUT2D eigenvalue weighted by molar-refractivity contribution is -0.113. The molecule has 1 aromatic heterocycles. The molecule has 8 heteroatoms. The number of imidazole rings is 1. The molecule has 0 atom stereocenters.